The van der Waals surface area contributed by atoms with Crippen LogP contribution in [0.1, 0.15) is 11.1 Å². The molecule has 0 saturated carbocycles. The summed E-state index contributed by atoms with van der Waals surface area (Å²) in [6.45, 7) is 0.455. The maximum Gasteiger partial charge on any atom is 0.148 e. The summed E-state index contributed by atoms with van der Waals surface area (Å²) < 4.78 is 13.5. The van der Waals surface area contributed by atoms with E-state index in [1.807, 2.05) is 6.07 Å². The van der Waals surface area contributed by atoms with Gasteiger partial charge >= 0.3 is 0 Å². The third-order valence-corrected chi connectivity index (χ3v) is 2.53. The van der Waals surface area contributed by atoms with Crippen molar-refractivity contribution < 1.29 is 4.39 Å². The van der Waals surface area contributed by atoms with E-state index in [9.17, 15) is 4.39 Å². The van der Waals surface area contributed by atoms with Crippen LogP contribution in [0.15, 0.2) is 42.5 Å². The first-order chi connectivity index (χ1) is 8.69. The lowest BCUT2D eigenvalue weighted by molar-refractivity contribution is 0.631. The zero-order valence-electron chi connectivity index (χ0n) is 9.65. The molecule has 3 nitrogen and oxygen atoms in total. The monoisotopic (exact) mass is 241 g/mol. The van der Waals surface area contributed by atoms with Crippen molar-refractivity contribution in [1.82, 2.24) is 0 Å². The van der Waals surface area contributed by atoms with E-state index in [4.69, 9.17) is 11.0 Å². The number of nitrogens with zero attached hydrogens (tertiary/aromatic N) is 1. The molecule has 2 aromatic carbocycles. The summed E-state index contributed by atoms with van der Waals surface area (Å²) in [6.07, 6.45) is 0. The van der Waals surface area contributed by atoms with Crippen LogP contribution in [0.2, 0.25) is 0 Å². The fourth-order valence-electron chi connectivity index (χ4n) is 1.62. The lowest BCUT2D eigenvalue weighted by Gasteiger charge is -2.08. The molecule has 0 aliphatic rings. The van der Waals surface area contributed by atoms with Gasteiger partial charge in [0.2, 0.25) is 0 Å². The fraction of sp³-hybridized carbons (Fsp3) is 0.0714. The molecule has 0 fully saturated rings. The van der Waals surface area contributed by atoms with Gasteiger partial charge in [0.05, 0.1) is 17.3 Å². The van der Waals surface area contributed by atoms with Crippen molar-refractivity contribution in [3.63, 3.8) is 0 Å². The highest BCUT2D eigenvalue weighted by atomic mass is 19.1. The molecule has 2 rings (SSSR count). The first-order valence-corrected chi connectivity index (χ1v) is 5.47. The number of halogens is 1. The maximum absolute atomic E-state index is 13.5. The Labute approximate surface area is 105 Å². The third kappa shape index (κ3) is 2.77. The smallest absolute Gasteiger partial charge is 0.148 e. The van der Waals surface area contributed by atoms with E-state index in [1.54, 1.807) is 30.3 Å². The molecule has 0 aliphatic heterocycles. The van der Waals surface area contributed by atoms with Crippen LogP contribution in [0.3, 0.4) is 0 Å². The molecule has 0 spiro atoms. The average Bonchev–Trinajstić information content (AvgIpc) is 2.38. The van der Waals surface area contributed by atoms with Gasteiger partial charge in [-0.1, -0.05) is 12.1 Å². The maximum atomic E-state index is 13.5. The minimum Gasteiger partial charge on any atom is -0.399 e. The number of benzene rings is 2. The SMILES string of the molecule is N#Cc1cccc(CNc2ccc(N)cc2F)c1. The van der Waals surface area contributed by atoms with Crippen LogP contribution in [0.4, 0.5) is 15.8 Å². The van der Waals surface area contributed by atoms with Crippen molar-refractivity contribution in [2.75, 3.05) is 11.1 Å². The molecule has 4 heteroatoms. The molecule has 0 atom stereocenters. The van der Waals surface area contributed by atoms with Crippen LogP contribution < -0.4 is 11.1 Å². The van der Waals surface area contributed by atoms with Crippen molar-refractivity contribution >= 4 is 11.4 Å². The first kappa shape index (κ1) is 11.9. The van der Waals surface area contributed by atoms with Gasteiger partial charge in [0, 0.05) is 12.2 Å². The highest BCUT2D eigenvalue weighted by Gasteiger charge is 2.02. The molecule has 0 heterocycles. The van der Waals surface area contributed by atoms with Crippen LogP contribution in [0.25, 0.3) is 0 Å². The number of hydrogen-bond acceptors (Lipinski definition) is 3. The topological polar surface area (TPSA) is 61.8 Å². The molecule has 3 N–H and O–H groups in total. The van der Waals surface area contributed by atoms with Crippen LogP contribution in [0, 0.1) is 17.1 Å². The molecule has 0 unspecified atom stereocenters. The minimum atomic E-state index is -0.383. The van der Waals surface area contributed by atoms with Crippen LogP contribution >= 0.6 is 0 Å². The standard InChI is InChI=1S/C14H12FN3/c15-13-7-12(17)4-5-14(13)18-9-11-3-1-2-10(6-11)8-16/h1-7,18H,9,17H2. The van der Waals surface area contributed by atoms with E-state index in [2.05, 4.69) is 11.4 Å². The Morgan fingerprint density at radius 2 is 2.06 bits per heavy atom. The van der Waals surface area contributed by atoms with Crippen molar-refractivity contribution in [1.29, 1.82) is 5.26 Å². The Kier molecular flexibility index (Phi) is 3.44. The summed E-state index contributed by atoms with van der Waals surface area (Å²) in [5.74, 6) is -0.383. The largest absolute Gasteiger partial charge is 0.399 e. The summed E-state index contributed by atoms with van der Waals surface area (Å²) in [5.41, 5.74) is 7.77. The van der Waals surface area contributed by atoms with E-state index in [1.165, 1.54) is 6.07 Å². The van der Waals surface area contributed by atoms with Crippen LogP contribution in [-0.2, 0) is 6.54 Å². The second-order valence-corrected chi connectivity index (χ2v) is 3.91. The van der Waals surface area contributed by atoms with Gasteiger partial charge in [0.25, 0.3) is 0 Å². The van der Waals surface area contributed by atoms with E-state index >= 15 is 0 Å². The molecule has 0 aromatic heterocycles. The normalized spacial score (nSPS) is 9.78. The lowest BCUT2D eigenvalue weighted by Crippen LogP contribution is -2.02. The first-order valence-electron chi connectivity index (χ1n) is 5.47. The van der Waals surface area contributed by atoms with Crippen molar-refractivity contribution in [3.05, 3.63) is 59.4 Å². The quantitative estimate of drug-likeness (QED) is 0.812. The van der Waals surface area contributed by atoms with Gasteiger partial charge in [-0.3, -0.25) is 0 Å². The Morgan fingerprint density at radius 3 is 2.78 bits per heavy atom. The number of nitriles is 1. The Balaban J connectivity index is 2.09. The van der Waals surface area contributed by atoms with E-state index in [0.29, 0.717) is 23.5 Å². The van der Waals surface area contributed by atoms with Gasteiger partial charge in [-0.05, 0) is 35.9 Å². The predicted molar refractivity (Wildman–Crippen MR) is 69.3 cm³/mol. The second kappa shape index (κ2) is 5.19. The Bertz CT molecular complexity index is 602. The zero-order chi connectivity index (χ0) is 13.0. The van der Waals surface area contributed by atoms with Gasteiger partial charge in [-0.15, -0.1) is 0 Å². The van der Waals surface area contributed by atoms with Crippen molar-refractivity contribution in [2.24, 2.45) is 0 Å². The highest BCUT2D eigenvalue weighted by Crippen LogP contribution is 2.17. The Hall–Kier alpha value is -2.54. The highest BCUT2D eigenvalue weighted by molar-refractivity contribution is 5.53. The van der Waals surface area contributed by atoms with Gasteiger partial charge < -0.3 is 11.1 Å². The molecule has 0 bridgehead atoms. The lowest BCUT2D eigenvalue weighted by atomic mass is 10.1. The number of nitrogen functional groups attached to an aromatic ring is 1. The summed E-state index contributed by atoms with van der Waals surface area (Å²) >= 11 is 0. The van der Waals surface area contributed by atoms with Gasteiger partial charge in [0.1, 0.15) is 5.82 Å². The third-order valence-electron chi connectivity index (χ3n) is 2.53. The predicted octanol–water partition coefficient (Wildman–Crippen LogP) is 2.89. The molecule has 90 valence electrons. The van der Waals surface area contributed by atoms with Gasteiger partial charge in [-0.25, -0.2) is 4.39 Å². The number of nitrogens with two attached hydrogens (primary N) is 1. The number of anilines is 2. The van der Waals surface area contributed by atoms with Gasteiger partial charge in [-0.2, -0.15) is 5.26 Å². The fourth-order valence-corrected chi connectivity index (χ4v) is 1.62. The summed E-state index contributed by atoms with van der Waals surface area (Å²) in [6, 6.07) is 13.7. The van der Waals surface area contributed by atoms with E-state index < -0.39 is 0 Å². The summed E-state index contributed by atoms with van der Waals surface area (Å²) in [7, 11) is 0. The van der Waals surface area contributed by atoms with E-state index in [0.717, 1.165) is 5.56 Å². The van der Waals surface area contributed by atoms with E-state index in [-0.39, 0.29) is 5.82 Å². The molecular formula is C14H12FN3. The summed E-state index contributed by atoms with van der Waals surface area (Å²) in [4.78, 5) is 0. The Morgan fingerprint density at radius 1 is 1.22 bits per heavy atom. The van der Waals surface area contributed by atoms with Gasteiger partial charge in [0.15, 0.2) is 0 Å². The van der Waals surface area contributed by atoms with Crippen LogP contribution in [0.5, 0.6) is 0 Å². The molecule has 18 heavy (non-hydrogen) atoms. The number of hydrogen-bond donors (Lipinski definition) is 2. The van der Waals surface area contributed by atoms with Crippen molar-refractivity contribution in [2.45, 2.75) is 6.54 Å². The van der Waals surface area contributed by atoms with Crippen LogP contribution in [-0.4, -0.2) is 0 Å². The zero-order valence-corrected chi connectivity index (χ0v) is 9.65. The van der Waals surface area contributed by atoms with Crippen molar-refractivity contribution in [3.8, 4) is 6.07 Å². The molecule has 0 amide bonds. The summed E-state index contributed by atoms with van der Waals surface area (Å²) in [5, 5.41) is 11.7. The molecule has 2 aromatic rings. The average molecular weight is 241 g/mol. The molecule has 0 radical (unpaired) electrons. The molecule has 0 saturated heterocycles. The minimum absolute atomic E-state index is 0.383. The number of nitrogens with one attached hydrogen (secondary N) is 1. The number of rotatable bonds is 3. The molecular weight excluding hydrogens is 229 g/mol. The molecule has 0 aliphatic carbocycles. The second-order valence-electron chi connectivity index (χ2n) is 3.91.